The molecule has 2 rings (SSSR count). The Kier molecular flexibility index (Phi) is 3.66. The minimum absolute atomic E-state index is 0.0571. The lowest BCUT2D eigenvalue weighted by Gasteiger charge is -2.14. The van der Waals surface area contributed by atoms with Crippen LogP contribution >= 0.6 is 0 Å². The number of fused-ring (bicyclic) bond motifs is 1. The summed E-state index contributed by atoms with van der Waals surface area (Å²) in [7, 11) is 3.86. The molecule has 0 aliphatic heterocycles. The van der Waals surface area contributed by atoms with Crippen molar-refractivity contribution in [1.82, 2.24) is 9.47 Å². The van der Waals surface area contributed by atoms with Gasteiger partial charge in [-0.15, -0.1) is 0 Å². The third-order valence-corrected chi connectivity index (χ3v) is 3.02. The molecule has 100 valence electrons. The lowest BCUT2D eigenvalue weighted by molar-refractivity contribution is 0.0698. The first-order valence-electron chi connectivity index (χ1n) is 6.01. The second-order valence-electron chi connectivity index (χ2n) is 4.67. The first kappa shape index (κ1) is 13.3. The van der Waals surface area contributed by atoms with Gasteiger partial charge in [-0.25, -0.2) is 4.79 Å². The molecule has 19 heavy (non-hydrogen) atoms. The predicted octanol–water partition coefficient (Wildman–Crippen LogP) is 1.26. The number of benzene rings is 1. The van der Waals surface area contributed by atoms with Crippen molar-refractivity contribution in [1.29, 1.82) is 0 Å². The molecule has 5 heteroatoms. The molecular weight excluding hydrogens is 244 g/mol. The van der Waals surface area contributed by atoms with E-state index in [0.29, 0.717) is 17.4 Å². The molecule has 0 unspecified atom stereocenters. The van der Waals surface area contributed by atoms with Gasteiger partial charge in [-0.3, -0.25) is 4.79 Å². The van der Waals surface area contributed by atoms with E-state index in [1.54, 1.807) is 28.8 Å². The maximum atomic E-state index is 12.1. The third kappa shape index (κ3) is 2.66. The van der Waals surface area contributed by atoms with Crippen LogP contribution in [0.5, 0.6) is 0 Å². The Morgan fingerprint density at radius 3 is 2.63 bits per heavy atom. The van der Waals surface area contributed by atoms with E-state index in [2.05, 4.69) is 0 Å². The number of para-hydroxylation sites is 1. The number of aromatic carboxylic acids is 1. The molecule has 0 bridgehead atoms. The Balaban J connectivity index is 2.65. The average molecular weight is 260 g/mol. The Hall–Kier alpha value is -2.14. The van der Waals surface area contributed by atoms with Gasteiger partial charge < -0.3 is 14.6 Å². The zero-order valence-electron chi connectivity index (χ0n) is 11.0. The maximum absolute atomic E-state index is 12.1. The molecule has 0 spiro atoms. The third-order valence-electron chi connectivity index (χ3n) is 3.02. The van der Waals surface area contributed by atoms with E-state index in [1.165, 1.54) is 6.07 Å². The Labute approximate surface area is 110 Å². The highest BCUT2D eigenvalue weighted by Gasteiger charge is 2.13. The lowest BCUT2D eigenvalue weighted by atomic mass is 10.1. The fourth-order valence-corrected chi connectivity index (χ4v) is 2.04. The minimum Gasteiger partial charge on any atom is -0.478 e. The van der Waals surface area contributed by atoms with Crippen molar-refractivity contribution < 1.29 is 9.90 Å². The Morgan fingerprint density at radius 2 is 2.00 bits per heavy atom. The smallest absolute Gasteiger partial charge is 0.336 e. The van der Waals surface area contributed by atoms with Crippen LogP contribution < -0.4 is 5.56 Å². The van der Waals surface area contributed by atoms with Crippen molar-refractivity contribution in [3.63, 3.8) is 0 Å². The second-order valence-corrected chi connectivity index (χ2v) is 4.67. The average Bonchev–Trinajstić information content (AvgIpc) is 2.36. The number of likely N-dealkylation sites (N-methyl/N-ethyl adjacent to an activating group) is 1. The Bertz CT molecular complexity index is 674. The van der Waals surface area contributed by atoms with E-state index >= 15 is 0 Å². The van der Waals surface area contributed by atoms with Crippen molar-refractivity contribution in [2.24, 2.45) is 0 Å². The number of nitrogens with zero attached hydrogens (tertiary/aromatic N) is 2. The molecule has 0 saturated carbocycles. The van der Waals surface area contributed by atoms with E-state index in [0.717, 1.165) is 6.54 Å². The number of carbonyl (C=O) groups is 1. The molecule has 0 atom stereocenters. The van der Waals surface area contributed by atoms with Crippen LogP contribution in [-0.4, -0.2) is 41.2 Å². The van der Waals surface area contributed by atoms with Gasteiger partial charge in [-0.05, 0) is 20.2 Å². The van der Waals surface area contributed by atoms with Gasteiger partial charge in [0.05, 0.1) is 11.1 Å². The second kappa shape index (κ2) is 5.24. The summed E-state index contributed by atoms with van der Waals surface area (Å²) in [4.78, 5) is 25.2. The SMILES string of the molecule is CN(C)CCn1c(=O)cc(C(=O)O)c2ccccc21. The van der Waals surface area contributed by atoms with Crippen LogP contribution in [0.25, 0.3) is 10.9 Å². The normalized spacial score (nSPS) is 11.1. The van der Waals surface area contributed by atoms with Crippen molar-refractivity contribution in [2.45, 2.75) is 6.54 Å². The molecule has 0 fully saturated rings. The summed E-state index contributed by atoms with van der Waals surface area (Å²) in [6.07, 6.45) is 0. The fourth-order valence-electron chi connectivity index (χ4n) is 2.04. The molecule has 0 aliphatic carbocycles. The molecule has 1 aromatic heterocycles. The lowest BCUT2D eigenvalue weighted by Crippen LogP contribution is -2.27. The highest BCUT2D eigenvalue weighted by Crippen LogP contribution is 2.16. The molecule has 0 amide bonds. The zero-order chi connectivity index (χ0) is 14.0. The summed E-state index contributed by atoms with van der Waals surface area (Å²) in [6, 6.07) is 8.28. The minimum atomic E-state index is -1.08. The topological polar surface area (TPSA) is 62.5 Å². The van der Waals surface area contributed by atoms with Gasteiger partial charge in [0.1, 0.15) is 0 Å². The molecule has 0 aliphatic rings. The van der Waals surface area contributed by atoms with E-state index in [1.807, 2.05) is 19.0 Å². The van der Waals surface area contributed by atoms with Gasteiger partial charge >= 0.3 is 5.97 Å². The number of aromatic nitrogens is 1. The van der Waals surface area contributed by atoms with Crippen LogP contribution in [0.1, 0.15) is 10.4 Å². The van der Waals surface area contributed by atoms with Gasteiger partial charge in [0.25, 0.3) is 5.56 Å². The number of carboxylic acid groups (broad SMARTS) is 1. The van der Waals surface area contributed by atoms with E-state index in [9.17, 15) is 9.59 Å². The van der Waals surface area contributed by atoms with Crippen molar-refractivity contribution in [2.75, 3.05) is 20.6 Å². The van der Waals surface area contributed by atoms with Crippen molar-refractivity contribution in [3.05, 3.63) is 46.2 Å². The van der Waals surface area contributed by atoms with Crippen LogP contribution in [-0.2, 0) is 6.54 Å². The van der Waals surface area contributed by atoms with Gasteiger partial charge in [0, 0.05) is 24.5 Å². The molecule has 1 heterocycles. The molecule has 0 radical (unpaired) electrons. The highest BCUT2D eigenvalue weighted by atomic mass is 16.4. The first-order chi connectivity index (χ1) is 9.00. The van der Waals surface area contributed by atoms with Crippen LogP contribution in [0.4, 0.5) is 0 Å². The quantitative estimate of drug-likeness (QED) is 0.899. The standard InChI is InChI=1S/C14H16N2O3/c1-15(2)7-8-16-12-6-4-3-5-10(12)11(14(18)19)9-13(16)17/h3-6,9H,7-8H2,1-2H3,(H,18,19). The zero-order valence-corrected chi connectivity index (χ0v) is 11.0. The largest absolute Gasteiger partial charge is 0.478 e. The summed E-state index contributed by atoms with van der Waals surface area (Å²) in [6.45, 7) is 1.25. The first-order valence-corrected chi connectivity index (χ1v) is 6.01. The van der Waals surface area contributed by atoms with Crippen LogP contribution in [0.15, 0.2) is 35.1 Å². The summed E-state index contributed by atoms with van der Waals surface area (Å²) >= 11 is 0. The highest BCUT2D eigenvalue weighted by molar-refractivity contribution is 6.02. The molecular formula is C14H16N2O3. The van der Waals surface area contributed by atoms with Crippen molar-refractivity contribution >= 4 is 16.9 Å². The summed E-state index contributed by atoms with van der Waals surface area (Å²) in [5, 5.41) is 9.75. The van der Waals surface area contributed by atoms with Gasteiger partial charge in [-0.2, -0.15) is 0 Å². The number of pyridine rings is 1. The molecule has 2 aromatic rings. The van der Waals surface area contributed by atoms with Gasteiger partial charge in [0.15, 0.2) is 0 Å². The molecule has 0 saturated heterocycles. The van der Waals surface area contributed by atoms with E-state index < -0.39 is 5.97 Å². The summed E-state index contributed by atoms with van der Waals surface area (Å²) in [5.41, 5.74) is 0.439. The maximum Gasteiger partial charge on any atom is 0.336 e. The van der Waals surface area contributed by atoms with Crippen LogP contribution in [0, 0.1) is 0 Å². The summed E-state index contributed by atoms with van der Waals surface area (Å²) in [5.74, 6) is -1.08. The number of rotatable bonds is 4. The molecule has 1 aromatic carbocycles. The molecule has 1 N–H and O–H groups in total. The Morgan fingerprint density at radius 1 is 1.32 bits per heavy atom. The summed E-state index contributed by atoms with van der Waals surface area (Å²) < 4.78 is 1.61. The van der Waals surface area contributed by atoms with Gasteiger partial charge in [-0.1, -0.05) is 18.2 Å². The number of hydrogen-bond donors (Lipinski definition) is 1. The number of hydrogen-bond acceptors (Lipinski definition) is 3. The van der Waals surface area contributed by atoms with Crippen LogP contribution in [0.3, 0.4) is 0 Å². The molecule has 5 nitrogen and oxygen atoms in total. The van der Waals surface area contributed by atoms with Crippen LogP contribution in [0.2, 0.25) is 0 Å². The van der Waals surface area contributed by atoms with Crippen molar-refractivity contribution in [3.8, 4) is 0 Å². The van der Waals surface area contributed by atoms with E-state index in [4.69, 9.17) is 5.11 Å². The predicted molar refractivity (Wildman–Crippen MR) is 73.7 cm³/mol. The number of carboxylic acids is 1. The monoisotopic (exact) mass is 260 g/mol. The van der Waals surface area contributed by atoms with E-state index in [-0.39, 0.29) is 11.1 Å². The fraction of sp³-hybridized carbons (Fsp3) is 0.286. The van der Waals surface area contributed by atoms with Gasteiger partial charge in [0.2, 0.25) is 0 Å².